The number of hydrogen-bond acceptors (Lipinski definition) is 3. The first-order chi connectivity index (χ1) is 8.66. The summed E-state index contributed by atoms with van der Waals surface area (Å²) < 4.78 is 0. The molecule has 0 aromatic rings. The van der Waals surface area contributed by atoms with Gasteiger partial charge in [-0.2, -0.15) is 0 Å². The molecule has 0 atom stereocenters. The zero-order chi connectivity index (χ0) is 15.5. The van der Waals surface area contributed by atoms with E-state index in [0.717, 1.165) is 18.7 Å². The number of nitrogens with zero attached hydrogens (tertiary/aromatic N) is 1. The van der Waals surface area contributed by atoms with E-state index in [1.807, 2.05) is 20.9 Å². The Morgan fingerprint density at radius 3 is 2.16 bits per heavy atom. The van der Waals surface area contributed by atoms with E-state index in [0.29, 0.717) is 19.4 Å². The second-order valence-electron chi connectivity index (χ2n) is 6.36. The van der Waals surface area contributed by atoms with Crippen LogP contribution in [-0.4, -0.2) is 44.3 Å². The van der Waals surface area contributed by atoms with Crippen LogP contribution in [0.2, 0.25) is 0 Å². The van der Waals surface area contributed by atoms with Gasteiger partial charge in [0.05, 0.1) is 0 Å². The summed E-state index contributed by atoms with van der Waals surface area (Å²) in [6.45, 7) is 11.9. The van der Waals surface area contributed by atoms with Crippen LogP contribution in [-0.2, 0) is 9.59 Å². The van der Waals surface area contributed by atoms with Crippen molar-refractivity contribution in [3.63, 3.8) is 0 Å². The van der Waals surface area contributed by atoms with Crippen LogP contribution in [0, 0.1) is 11.3 Å². The Morgan fingerprint density at radius 1 is 1.32 bits per heavy atom. The van der Waals surface area contributed by atoms with Crippen molar-refractivity contribution in [2.75, 3.05) is 27.2 Å². The molecule has 1 N–H and O–H groups in total. The van der Waals surface area contributed by atoms with Crippen molar-refractivity contribution in [1.29, 1.82) is 0 Å². The molecule has 0 aliphatic carbocycles. The highest BCUT2D eigenvalue weighted by Gasteiger charge is 2.23. The van der Waals surface area contributed by atoms with Gasteiger partial charge in [0, 0.05) is 33.0 Å². The van der Waals surface area contributed by atoms with Crippen molar-refractivity contribution in [1.82, 2.24) is 10.2 Å². The molecule has 0 bridgehead atoms. The number of carbonyl (C=O) groups excluding carboxylic acids is 2. The van der Waals surface area contributed by atoms with Gasteiger partial charge in [0.25, 0.3) is 0 Å². The van der Waals surface area contributed by atoms with Crippen LogP contribution in [0.4, 0.5) is 0 Å². The third-order valence-corrected chi connectivity index (χ3v) is 2.39. The first-order valence-corrected chi connectivity index (χ1v) is 6.98. The highest BCUT2D eigenvalue weighted by atomic mass is 16.2. The molecule has 19 heavy (non-hydrogen) atoms. The second kappa shape index (κ2) is 11.0. The third-order valence-electron chi connectivity index (χ3n) is 2.39. The fraction of sp³-hybridized carbons (Fsp3) is 0.867. The second-order valence-corrected chi connectivity index (χ2v) is 6.36. The van der Waals surface area contributed by atoms with Crippen LogP contribution >= 0.6 is 0 Å². The predicted molar refractivity (Wildman–Crippen MR) is 81.2 cm³/mol. The summed E-state index contributed by atoms with van der Waals surface area (Å²) in [5.74, 6) is 0.928. The van der Waals surface area contributed by atoms with E-state index in [-0.39, 0.29) is 11.3 Å². The number of rotatable bonds is 7. The van der Waals surface area contributed by atoms with Crippen molar-refractivity contribution in [3.8, 4) is 0 Å². The molecule has 0 radical (unpaired) electrons. The van der Waals surface area contributed by atoms with E-state index < -0.39 is 0 Å². The minimum Gasteiger partial charge on any atom is -0.344 e. The number of aldehydes is 1. The average molecular weight is 272 g/mol. The lowest BCUT2D eigenvalue weighted by molar-refractivity contribution is -0.132. The molecule has 0 saturated carbocycles. The van der Waals surface area contributed by atoms with E-state index in [9.17, 15) is 9.59 Å². The van der Waals surface area contributed by atoms with E-state index >= 15 is 0 Å². The summed E-state index contributed by atoms with van der Waals surface area (Å²) in [6.07, 6.45) is 1.73. The highest BCUT2D eigenvalue weighted by molar-refractivity contribution is 5.77. The molecule has 1 amide bonds. The van der Waals surface area contributed by atoms with Gasteiger partial charge in [-0.25, -0.2) is 0 Å². The Balaban J connectivity index is 0. The van der Waals surface area contributed by atoms with Gasteiger partial charge in [-0.3, -0.25) is 4.79 Å². The summed E-state index contributed by atoms with van der Waals surface area (Å²) in [6, 6.07) is 0. The summed E-state index contributed by atoms with van der Waals surface area (Å²) in [5, 5.41) is 2.99. The number of amides is 1. The zero-order valence-electron chi connectivity index (χ0n) is 13.7. The van der Waals surface area contributed by atoms with Crippen molar-refractivity contribution in [2.45, 2.75) is 47.5 Å². The van der Waals surface area contributed by atoms with E-state index in [1.54, 1.807) is 11.9 Å². The standard InChI is InChI=1S/C11H22N2O2.C4H10/c1-11(2,5-8-14)9-10(15)13(4)7-6-12-3;1-4(2)3/h8,12H,5-7,9H2,1-4H3;4H,1-3H3. The third kappa shape index (κ3) is 15.0. The fourth-order valence-electron chi connectivity index (χ4n) is 1.25. The molecular formula is C15H32N2O2. The monoisotopic (exact) mass is 272 g/mol. The van der Waals surface area contributed by atoms with Crippen LogP contribution in [0.3, 0.4) is 0 Å². The van der Waals surface area contributed by atoms with Crippen LogP contribution in [0.1, 0.15) is 47.5 Å². The molecular weight excluding hydrogens is 240 g/mol. The quantitative estimate of drug-likeness (QED) is 0.724. The average Bonchev–Trinajstić information content (AvgIpc) is 2.24. The smallest absolute Gasteiger partial charge is 0.222 e. The SMILES string of the molecule is CC(C)C.CNCCN(C)C(=O)CC(C)(C)CC=O. The van der Waals surface area contributed by atoms with Crippen molar-refractivity contribution in [2.24, 2.45) is 11.3 Å². The molecule has 0 aliphatic heterocycles. The normalized spacial score (nSPS) is 10.7. The highest BCUT2D eigenvalue weighted by Crippen LogP contribution is 2.24. The van der Waals surface area contributed by atoms with Gasteiger partial charge in [-0.15, -0.1) is 0 Å². The molecule has 0 fully saturated rings. The van der Waals surface area contributed by atoms with Gasteiger partial charge in [-0.05, 0) is 18.4 Å². The first-order valence-electron chi connectivity index (χ1n) is 6.98. The number of nitrogens with one attached hydrogen (secondary N) is 1. The van der Waals surface area contributed by atoms with Gasteiger partial charge in [0.15, 0.2) is 0 Å². The van der Waals surface area contributed by atoms with Gasteiger partial charge in [-0.1, -0.05) is 34.6 Å². The summed E-state index contributed by atoms with van der Waals surface area (Å²) in [4.78, 5) is 23.8. The number of hydrogen-bond donors (Lipinski definition) is 1. The minimum atomic E-state index is -0.229. The molecule has 0 spiro atoms. The van der Waals surface area contributed by atoms with Crippen LogP contribution in [0.5, 0.6) is 0 Å². The molecule has 0 heterocycles. The first kappa shape index (κ1) is 20.4. The minimum absolute atomic E-state index is 0.0945. The van der Waals surface area contributed by atoms with E-state index in [4.69, 9.17) is 0 Å². The lowest BCUT2D eigenvalue weighted by Crippen LogP contribution is -2.35. The van der Waals surface area contributed by atoms with Gasteiger partial charge < -0.3 is 15.0 Å². The molecule has 0 saturated heterocycles. The van der Waals surface area contributed by atoms with Crippen LogP contribution in [0.25, 0.3) is 0 Å². The largest absolute Gasteiger partial charge is 0.344 e. The molecule has 0 aromatic heterocycles. The maximum absolute atomic E-state index is 11.7. The molecule has 0 aromatic carbocycles. The fourth-order valence-corrected chi connectivity index (χ4v) is 1.25. The van der Waals surface area contributed by atoms with Gasteiger partial charge in [0.1, 0.15) is 6.29 Å². The predicted octanol–water partition coefficient (Wildman–Crippen LogP) is 2.33. The zero-order valence-corrected chi connectivity index (χ0v) is 13.7. The Bertz CT molecular complexity index is 248. The molecule has 0 rings (SSSR count). The van der Waals surface area contributed by atoms with Crippen molar-refractivity contribution < 1.29 is 9.59 Å². The lowest BCUT2D eigenvalue weighted by Gasteiger charge is -2.25. The topological polar surface area (TPSA) is 49.4 Å². The van der Waals surface area contributed by atoms with E-state index in [1.165, 1.54) is 0 Å². The summed E-state index contributed by atoms with van der Waals surface area (Å²) in [5.41, 5.74) is -0.229. The van der Waals surface area contributed by atoms with Crippen LogP contribution < -0.4 is 5.32 Å². The van der Waals surface area contributed by atoms with Crippen LogP contribution in [0.15, 0.2) is 0 Å². The molecule has 0 unspecified atom stereocenters. The van der Waals surface area contributed by atoms with E-state index in [2.05, 4.69) is 26.1 Å². The van der Waals surface area contributed by atoms with Crippen molar-refractivity contribution >= 4 is 12.2 Å². The summed E-state index contributed by atoms with van der Waals surface area (Å²) >= 11 is 0. The lowest BCUT2D eigenvalue weighted by atomic mass is 9.86. The molecule has 0 aliphatic rings. The molecule has 4 nitrogen and oxygen atoms in total. The maximum atomic E-state index is 11.7. The van der Waals surface area contributed by atoms with Crippen molar-refractivity contribution in [3.05, 3.63) is 0 Å². The number of carbonyl (C=O) groups is 2. The Labute approximate surface area is 118 Å². The Morgan fingerprint density at radius 2 is 1.79 bits per heavy atom. The Kier molecular flexibility index (Phi) is 11.8. The maximum Gasteiger partial charge on any atom is 0.222 e. The summed E-state index contributed by atoms with van der Waals surface area (Å²) in [7, 11) is 3.64. The van der Waals surface area contributed by atoms with Gasteiger partial charge >= 0.3 is 0 Å². The Hall–Kier alpha value is -0.900. The number of likely N-dealkylation sites (N-methyl/N-ethyl adjacent to an activating group) is 2. The molecule has 4 heteroatoms. The molecule has 114 valence electrons. The van der Waals surface area contributed by atoms with Gasteiger partial charge in [0.2, 0.25) is 5.91 Å².